The van der Waals surface area contributed by atoms with E-state index in [4.69, 9.17) is 17.3 Å². The molecule has 1 aromatic carbocycles. The Morgan fingerprint density at radius 1 is 1.53 bits per heavy atom. The van der Waals surface area contributed by atoms with E-state index in [1.54, 1.807) is 22.4 Å². The minimum atomic E-state index is -0.912. The SMILES string of the molecule is CN(C)c1c(CC=S)cccc1C(=O)O. The number of aromatic carboxylic acids is 1. The maximum atomic E-state index is 11.0. The highest BCUT2D eigenvalue weighted by Crippen LogP contribution is 2.24. The van der Waals surface area contributed by atoms with Gasteiger partial charge in [0.05, 0.1) is 11.3 Å². The number of benzene rings is 1. The molecule has 0 fully saturated rings. The second-order valence-corrected chi connectivity index (χ2v) is 3.72. The molecule has 4 heteroatoms. The third kappa shape index (κ3) is 2.53. The second kappa shape index (κ2) is 4.89. The Hall–Kier alpha value is -1.42. The van der Waals surface area contributed by atoms with Crippen LogP contribution in [0.5, 0.6) is 0 Å². The van der Waals surface area contributed by atoms with Gasteiger partial charge < -0.3 is 10.0 Å². The molecule has 0 unspecified atom stereocenters. The fourth-order valence-corrected chi connectivity index (χ4v) is 1.73. The van der Waals surface area contributed by atoms with Crippen LogP contribution in [-0.4, -0.2) is 30.5 Å². The summed E-state index contributed by atoms with van der Waals surface area (Å²) in [4.78, 5) is 12.8. The summed E-state index contributed by atoms with van der Waals surface area (Å²) in [6, 6.07) is 5.24. The predicted molar refractivity (Wildman–Crippen MR) is 65.1 cm³/mol. The van der Waals surface area contributed by atoms with Crippen LogP contribution >= 0.6 is 12.2 Å². The van der Waals surface area contributed by atoms with Crippen LogP contribution in [0.15, 0.2) is 18.2 Å². The van der Waals surface area contributed by atoms with Crippen LogP contribution in [0.25, 0.3) is 0 Å². The van der Waals surface area contributed by atoms with E-state index in [-0.39, 0.29) is 0 Å². The van der Waals surface area contributed by atoms with Crippen LogP contribution in [0.3, 0.4) is 0 Å². The Morgan fingerprint density at radius 2 is 2.20 bits per heavy atom. The van der Waals surface area contributed by atoms with E-state index >= 15 is 0 Å². The number of nitrogens with zero attached hydrogens (tertiary/aromatic N) is 1. The number of hydrogen-bond donors (Lipinski definition) is 1. The first-order chi connectivity index (χ1) is 7.07. The number of anilines is 1. The fraction of sp³-hybridized carbons (Fsp3) is 0.273. The molecule has 80 valence electrons. The average Bonchev–Trinajstić information content (AvgIpc) is 2.17. The van der Waals surface area contributed by atoms with E-state index < -0.39 is 5.97 Å². The predicted octanol–water partition coefficient (Wildman–Crippen LogP) is 1.99. The van der Waals surface area contributed by atoms with Gasteiger partial charge >= 0.3 is 5.97 Å². The van der Waals surface area contributed by atoms with Gasteiger partial charge in [-0.1, -0.05) is 24.4 Å². The number of hydrogen-bond acceptors (Lipinski definition) is 3. The monoisotopic (exact) mass is 223 g/mol. The summed E-state index contributed by atoms with van der Waals surface area (Å²) >= 11 is 4.80. The highest BCUT2D eigenvalue weighted by molar-refractivity contribution is 7.79. The highest BCUT2D eigenvalue weighted by Gasteiger charge is 2.14. The molecule has 15 heavy (non-hydrogen) atoms. The largest absolute Gasteiger partial charge is 0.478 e. The third-order valence-corrected chi connectivity index (χ3v) is 2.27. The van der Waals surface area contributed by atoms with Crippen LogP contribution in [0.2, 0.25) is 0 Å². The van der Waals surface area contributed by atoms with Crippen molar-refractivity contribution in [3.05, 3.63) is 29.3 Å². The molecule has 0 saturated heterocycles. The Labute approximate surface area is 94.3 Å². The first kappa shape index (κ1) is 11.7. The van der Waals surface area contributed by atoms with Crippen molar-refractivity contribution in [3.63, 3.8) is 0 Å². The maximum Gasteiger partial charge on any atom is 0.337 e. The summed E-state index contributed by atoms with van der Waals surface area (Å²) in [5, 5.41) is 10.6. The minimum Gasteiger partial charge on any atom is -0.478 e. The number of para-hydroxylation sites is 1. The molecule has 0 saturated carbocycles. The van der Waals surface area contributed by atoms with E-state index in [2.05, 4.69) is 0 Å². The molecule has 0 aliphatic rings. The zero-order chi connectivity index (χ0) is 11.4. The molecule has 0 aliphatic heterocycles. The molecule has 0 atom stereocenters. The average molecular weight is 223 g/mol. The topological polar surface area (TPSA) is 40.5 Å². The maximum absolute atomic E-state index is 11.0. The van der Waals surface area contributed by atoms with Gasteiger partial charge in [0.25, 0.3) is 0 Å². The summed E-state index contributed by atoms with van der Waals surface area (Å²) in [5.74, 6) is -0.912. The second-order valence-electron chi connectivity index (χ2n) is 3.38. The molecule has 1 aromatic rings. The molecule has 0 radical (unpaired) electrons. The third-order valence-electron chi connectivity index (χ3n) is 2.10. The molecule has 1 rings (SSSR count). The molecule has 0 amide bonds. The van der Waals surface area contributed by atoms with Gasteiger partial charge in [-0.3, -0.25) is 0 Å². The van der Waals surface area contributed by atoms with E-state index in [0.717, 1.165) is 11.3 Å². The molecule has 0 heterocycles. The summed E-state index contributed by atoms with van der Waals surface area (Å²) in [6.07, 6.45) is 0.601. The van der Waals surface area contributed by atoms with Gasteiger partial charge in [-0.15, -0.1) is 0 Å². The molecule has 0 aromatic heterocycles. The lowest BCUT2D eigenvalue weighted by atomic mass is 10.0. The van der Waals surface area contributed by atoms with Crippen molar-refractivity contribution in [3.8, 4) is 0 Å². The minimum absolute atomic E-state index is 0.314. The van der Waals surface area contributed by atoms with Gasteiger partial charge in [-0.2, -0.15) is 0 Å². The van der Waals surface area contributed by atoms with Gasteiger partial charge in [0.15, 0.2) is 0 Å². The van der Waals surface area contributed by atoms with E-state index in [0.29, 0.717) is 12.0 Å². The quantitative estimate of drug-likeness (QED) is 0.792. The Bertz CT molecular complexity index is 388. The van der Waals surface area contributed by atoms with Gasteiger partial charge in [0.2, 0.25) is 0 Å². The van der Waals surface area contributed by atoms with Gasteiger partial charge in [0.1, 0.15) is 0 Å². The lowest BCUT2D eigenvalue weighted by Gasteiger charge is -2.19. The van der Waals surface area contributed by atoms with Gasteiger partial charge in [-0.25, -0.2) is 4.79 Å². The summed E-state index contributed by atoms with van der Waals surface area (Å²) < 4.78 is 0. The molecule has 0 spiro atoms. The Kier molecular flexibility index (Phi) is 3.80. The Balaban J connectivity index is 3.34. The smallest absolute Gasteiger partial charge is 0.337 e. The van der Waals surface area contributed by atoms with Crippen LogP contribution in [0.4, 0.5) is 5.69 Å². The van der Waals surface area contributed by atoms with E-state index in [9.17, 15) is 4.79 Å². The van der Waals surface area contributed by atoms with Gasteiger partial charge in [0, 0.05) is 20.5 Å². The number of thiocarbonyl (C=S) groups is 1. The van der Waals surface area contributed by atoms with E-state index in [1.807, 2.05) is 20.2 Å². The number of rotatable bonds is 4. The molecular weight excluding hydrogens is 210 g/mol. The fourth-order valence-electron chi connectivity index (χ4n) is 1.55. The van der Waals surface area contributed by atoms with Crippen LogP contribution < -0.4 is 4.90 Å². The highest BCUT2D eigenvalue weighted by atomic mass is 32.1. The summed E-state index contributed by atoms with van der Waals surface area (Å²) in [7, 11) is 3.66. The zero-order valence-corrected chi connectivity index (χ0v) is 9.54. The van der Waals surface area contributed by atoms with Crippen LogP contribution in [-0.2, 0) is 6.42 Å². The van der Waals surface area contributed by atoms with Crippen LogP contribution in [0.1, 0.15) is 15.9 Å². The zero-order valence-electron chi connectivity index (χ0n) is 8.73. The number of carboxylic acid groups (broad SMARTS) is 1. The number of carboxylic acids is 1. The van der Waals surface area contributed by atoms with Crippen molar-refractivity contribution in [1.82, 2.24) is 0 Å². The number of carbonyl (C=O) groups is 1. The first-order valence-corrected chi connectivity index (χ1v) is 5.01. The van der Waals surface area contributed by atoms with Crippen molar-refractivity contribution >= 4 is 29.2 Å². The molecule has 3 nitrogen and oxygen atoms in total. The lowest BCUT2D eigenvalue weighted by molar-refractivity contribution is 0.0697. The van der Waals surface area contributed by atoms with Crippen molar-refractivity contribution in [1.29, 1.82) is 0 Å². The standard InChI is InChI=1S/C11H13NO2S/c1-12(2)10-8(6-7-15)4-3-5-9(10)11(13)14/h3-5,7H,6H2,1-2H3,(H,13,14). The van der Waals surface area contributed by atoms with Gasteiger partial charge in [-0.05, 0) is 17.0 Å². The van der Waals surface area contributed by atoms with Crippen molar-refractivity contribution < 1.29 is 9.90 Å². The van der Waals surface area contributed by atoms with Crippen LogP contribution in [0, 0.1) is 0 Å². The molecule has 0 bridgehead atoms. The summed E-state index contributed by atoms with van der Waals surface area (Å²) in [6.45, 7) is 0. The molecule has 0 aliphatic carbocycles. The lowest BCUT2D eigenvalue weighted by Crippen LogP contribution is -2.16. The van der Waals surface area contributed by atoms with E-state index in [1.165, 1.54) is 0 Å². The Morgan fingerprint density at radius 3 is 2.67 bits per heavy atom. The normalized spacial score (nSPS) is 9.73. The molecule has 1 N–H and O–H groups in total. The van der Waals surface area contributed by atoms with Crippen molar-refractivity contribution in [2.45, 2.75) is 6.42 Å². The van der Waals surface area contributed by atoms with Crippen molar-refractivity contribution in [2.75, 3.05) is 19.0 Å². The van der Waals surface area contributed by atoms with Crippen molar-refractivity contribution in [2.24, 2.45) is 0 Å². The molecular formula is C11H13NO2S. The first-order valence-electron chi connectivity index (χ1n) is 4.54. The summed E-state index contributed by atoms with van der Waals surface area (Å²) in [5.41, 5.74) is 1.98.